The number of carbonyl (C=O) groups excluding carboxylic acids is 4. The van der Waals surface area contributed by atoms with Gasteiger partial charge >= 0.3 is 6.09 Å². The minimum absolute atomic E-state index is 0.0167. The van der Waals surface area contributed by atoms with E-state index in [0.29, 0.717) is 13.1 Å². The van der Waals surface area contributed by atoms with E-state index in [2.05, 4.69) is 10.6 Å². The zero-order chi connectivity index (χ0) is 25.1. The van der Waals surface area contributed by atoms with Gasteiger partial charge in [-0.1, -0.05) is 11.6 Å². The smallest absolute Gasteiger partial charge is 0.407 e. The monoisotopic (exact) mass is 510 g/mol. The number of ether oxygens (including phenoxy) is 1. The Bertz CT molecular complexity index is 1080. The van der Waals surface area contributed by atoms with E-state index in [1.54, 1.807) is 5.01 Å². The summed E-state index contributed by atoms with van der Waals surface area (Å²) in [6.07, 6.45) is 2.36. The number of benzene rings is 1. The molecule has 2 saturated heterocycles. The number of nitroso groups, excluding NO2 is 1. The van der Waals surface area contributed by atoms with Gasteiger partial charge in [-0.05, 0) is 31.7 Å². The maximum absolute atomic E-state index is 15.2. The van der Waals surface area contributed by atoms with Gasteiger partial charge in [-0.2, -0.15) is 0 Å². The van der Waals surface area contributed by atoms with Crippen LogP contribution in [0.25, 0.3) is 0 Å². The number of nitrogens with zero attached hydrogens (tertiary/aromatic N) is 3. The molecular formula is C22H26ClFN5O6+. The maximum Gasteiger partial charge on any atom is 0.407 e. The van der Waals surface area contributed by atoms with E-state index in [1.165, 1.54) is 11.0 Å². The Kier molecular flexibility index (Phi) is 7.48. The number of hydrazine groups is 1. The number of hydrogen-bond acceptors (Lipinski definition) is 6. The van der Waals surface area contributed by atoms with Gasteiger partial charge in [0.2, 0.25) is 11.8 Å². The van der Waals surface area contributed by atoms with Crippen LogP contribution in [0.4, 0.5) is 9.18 Å². The Morgan fingerprint density at radius 2 is 2.00 bits per heavy atom. The van der Waals surface area contributed by atoms with E-state index in [4.69, 9.17) is 16.3 Å². The Morgan fingerprint density at radius 1 is 1.26 bits per heavy atom. The summed E-state index contributed by atoms with van der Waals surface area (Å²) in [6.45, 7) is 0.836. The van der Waals surface area contributed by atoms with Gasteiger partial charge in [0.05, 0.1) is 23.6 Å². The second-order valence-corrected chi connectivity index (χ2v) is 9.07. The number of rotatable bonds is 7. The van der Waals surface area contributed by atoms with E-state index < -0.39 is 35.7 Å². The largest absolute Gasteiger partial charge is 0.442 e. The van der Waals surface area contributed by atoms with Crippen molar-refractivity contribution in [2.45, 2.75) is 51.2 Å². The third-order valence-corrected chi connectivity index (χ3v) is 6.71. The number of hydrogen-bond donors (Lipinski definition) is 2. The summed E-state index contributed by atoms with van der Waals surface area (Å²) in [4.78, 5) is 62.6. The second kappa shape index (κ2) is 10.5. The van der Waals surface area contributed by atoms with Crippen LogP contribution in [0, 0.1) is 10.7 Å². The van der Waals surface area contributed by atoms with Crippen LogP contribution in [0.1, 0.15) is 53.6 Å². The standard InChI is InChI=1S/C22H25ClFN5O6/c23-15-10-13(11-25-22(33)35-9-8-29(34)27-6-2-1-3-7-27)19(24)18-14(15)12-28(21(18)32)16-4-5-17(30)26-20(16)31/h10,16H,1-9,11-12H2,(H-,25,26,30,31,33)/p+1. The van der Waals surface area contributed by atoms with E-state index in [-0.39, 0.29) is 60.8 Å². The third kappa shape index (κ3) is 5.37. The van der Waals surface area contributed by atoms with Crippen LogP contribution in [0.3, 0.4) is 0 Å². The lowest BCUT2D eigenvalue weighted by Gasteiger charge is -2.29. The molecule has 1 atom stereocenters. The third-order valence-electron chi connectivity index (χ3n) is 6.37. The number of amides is 4. The minimum Gasteiger partial charge on any atom is -0.442 e. The topological polar surface area (TPSA) is 128 Å². The molecule has 3 heterocycles. The molecule has 0 bridgehead atoms. The molecule has 13 heteroatoms. The molecule has 1 aromatic rings. The lowest BCUT2D eigenvalue weighted by atomic mass is 10.0. The zero-order valence-corrected chi connectivity index (χ0v) is 19.7. The molecule has 35 heavy (non-hydrogen) atoms. The average molecular weight is 511 g/mol. The first kappa shape index (κ1) is 24.8. The Morgan fingerprint density at radius 3 is 2.71 bits per heavy atom. The highest BCUT2D eigenvalue weighted by Crippen LogP contribution is 2.35. The SMILES string of the molecule is O=C1CCC(N2Cc3c(Cl)cc(CNC(=O)OCC[N+](=O)N4CCCCC4)c(F)c3C2=O)C(=O)N1. The van der Waals surface area contributed by atoms with Crippen molar-refractivity contribution in [2.75, 3.05) is 26.2 Å². The van der Waals surface area contributed by atoms with Gasteiger partial charge in [-0.25, -0.2) is 9.18 Å². The highest BCUT2D eigenvalue weighted by molar-refractivity contribution is 6.32. The molecule has 2 N–H and O–H groups in total. The van der Waals surface area contributed by atoms with E-state index in [1.807, 2.05) is 0 Å². The quantitative estimate of drug-likeness (QED) is 0.421. The molecule has 4 amide bonds. The fourth-order valence-electron chi connectivity index (χ4n) is 4.52. The molecule has 1 aromatic carbocycles. The average Bonchev–Trinajstić information content (AvgIpc) is 3.18. The minimum atomic E-state index is -0.898. The van der Waals surface area contributed by atoms with Crippen molar-refractivity contribution >= 4 is 35.4 Å². The van der Waals surface area contributed by atoms with Gasteiger partial charge in [0.1, 0.15) is 16.7 Å². The van der Waals surface area contributed by atoms with Crippen molar-refractivity contribution in [3.63, 3.8) is 0 Å². The van der Waals surface area contributed by atoms with E-state index in [0.717, 1.165) is 24.1 Å². The summed E-state index contributed by atoms with van der Waals surface area (Å²) in [5, 5.41) is 6.37. The summed E-state index contributed by atoms with van der Waals surface area (Å²) in [5.41, 5.74) is -0.0303. The summed E-state index contributed by atoms with van der Waals surface area (Å²) in [7, 11) is 0. The van der Waals surface area contributed by atoms with Crippen molar-refractivity contribution in [1.82, 2.24) is 20.5 Å². The van der Waals surface area contributed by atoms with Crippen molar-refractivity contribution in [3.05, 3.63) is 38.5 Å². The molecule has 1 unspecified atom stereocenters. The fourth-order valence-corrected chi connectivity index (χ4v) is 4.80. The van der Waals surface area contributed by atoms with Crippen LogP contribution in [0.15, 0.2) is 6.07 Å². The fraction of sp³-hybridized carbons (Fsp3) is 0.545. The van der Waals surface area contributed by atoms with Crippen LogP contribution < -0.4 is 10.6 Å². The van der Waals surface area contributed by atoms with Crippen LogP contribution in [0.5, 0.6) is 0 Å². The number of fused-ring (bicyclic) bond motifs is 1. The first-order chi connectivity index (χ1) is 16.8. The van der Waals surface area contributed by atoms with Gasteiger partial charge < -0.3 is 15.0 Å². The van der Waals surface area contributed by atoms with E-state index in [9.17, 15) is 24.1 Å². The van der Waals surface area contributed by atoms with Gasteiger partial charge in [0.15, 0.2) is 6.61 Å². The lowest BCUT2D eigenvalue weighted by molar-refractivity contribution is -0.709. The first-order valence-corrected chi connectivity index (χ1v) is 11.9. The maximum atomic E-state index is 15.2. The number of imide groups is 1. The van der Waals surface area contributed by atoms with Crippen LogP contribution in [-0.4, -0.2) is 70.9 Å². The van der Waals surface area contributed by atoms with Crippen LogP contribution in [0.2, 0.25) is 5.02 Å². The molecular weight excluding hydrogens is 485 g/mol. The molecule has 3 aliphatic heterocycles. The normalized spacial score (nSPS) is 19.9. The molecule has 0 radical (unpaired) electrons. The Labute approximate surface area is 205 Å². The molecule has 0 aliphatic carbocycles. The highest BCUT2D eigenvalue weighted by atomic mass is 35.5. The predicted octanol–water partition coefficient (Wildman–Crippen LogP) is 1.65. The van der Waals surface area contributed by atoms with Crippen molar-refractivity contribution in [1.29, 1.82) is 0 Å². The first-order valence-electron chi connectivity index (χ1n) is 11.5. The van der Waals surface area contributed by atoms with Gasteiger partial charge in [0, 0.05) is 35.7 Å². The van der Waals surface area contributed by atoms with Crippen LogP contribution >= 0.6 is 11.6 Å². The molecule has 0 saturated carbocycles. The predicted molar refractivity (Wildman–Crippen MR) is 120 cm³/mol. The number of nitrogens with one attached hydrogen (secondary N) is 2. The number of alkyl carbamates (subject to hydrolysis) is 1. The summed E-state index contributed by atoms with van der Waals surface area (Å²) >= 11 is 6.29. The summed E-state index contributed by atoms with van der Waals surface area (Å²) in [6, 6.07) is 0.414. The lowest BCUT2D eigenvalue weighted by Crippen LogP contribution is -2.52. The molecule has 3 aliphatic rings. The van der Waals surface area contributed by atoms with Crippen molar-refractivity contribution in [2.24, 2.45) is 0 Å². The van der Waals surface area contributed by atoms with Gasteiger partial charge in [-0.15, -0.1) is 5.01 Å². The highest BCUT2D eigenvalue weighted by Gasteiger charge is 2.42. The summed E-state index contributed by atoms with van der Waals surface area (Å²) < 4.78 is 20.2. The van der Waals surface area contributed by atoms with Crippen LogP contribution in [-0.2, 0) is 27.4 Å². The van der Waals surface area contributed by atoms with Crippen molar-refractivity contribution in [3.8, 4) is 0 Å². The number of carbonyl (C=O) groups is 4. The molecule has 0 aromatic heterocycles. The van der Waals surface area contributed by atoms with Gasteiger partial charge in [0.25, 0.3) is 12.5 Å². The Hall–Kier alpha value is -3.28. The number of halogens is 2. The molecule has 0 spiro atoms. The number of piperidine rings is 2. The molecule has 4 rings (SSSR count). The van der Waals surface area contributed by atoms with E-state index >= 15 is 4.39 Å². The van der Waals surface area contributed by atoms with Gasteiger partial charge in [-0.3, -0.25) is 19.7 Å². The second-order valence-electron chi connectivity index (χ2n) is 8.66. The Balaban J connectivity index is 1.33. The molecule has 2 fully saturated rings. The summed E-state index contributed by atoms with van der Waals surface area (Å²) in [5.74, 6) is -2.58. The molecule has 11 nitrogen and oxygen atoms in total. The zero-order valence-electron chi connectivity index (χ0n) is 19.0. The van der Waals surface area contributed by atoms with Crippen molar-refractivity contribution < 1.29 is 33.2 Å². The molecule has 188 valence electrons.